The molecule has 1 unspecified atom stereocenters. The molecular weight excluding hydrogens is 541 g/mol. The average Bonchev–Trinajstić information content (AvgIpc) is 3.53. The number of nitrogens with zero attached hydrogens (tertiary/aromatic N) is 1. The number of hydrogen-bond acceptors (Lipinski definition) is 6. The second kappa shape index (κ2) is 9.81. The van der Waals surface area contributed by atoms with Crippen molar-refractivity contribution in [1.82, 2.24) is 4.90 Å². The van der Waals surface area contributed by atoms with Crippen LogP contribution in [-0.2, 0) is 28.6 Å². The van der Waals surface area contributed by atoms with E-state index in [2.05, 4.69) is 33.9 Å². The van der Waals surface area contributed by atoms with Crippen molar-refractivity contribution in [3.8, 4) is 0 Å². The molecule has 0 radical (unpaired) electrons. The number of benzene rings is 2. The number of esters is 1. The van der Waals surface area contributed by atoms with Gasteiger partial charge in [0, 0.05) is 0 Å². The summed E-state index contributed by atoms with van der Waals surface area (Å²) in [6, 6.07) is 17.4. The molecule has 5 rings (SSSR count). The van der Waals surface area contributed by atoms with Crippen LogP contribution < -0.4 is 29.6 Å². The predicted octanol–water partition coefficient (Wildman–Crippen LogP) is 1.85. The largest absolute Gasteiger partial charge is 1.00 e. The van der Waals surface area contributed by atoms with Crippen LogP contribution in [0.4, 0.5) is 0 Å². The minimum Gasteiger partial charge on any atom is -0.451 e. The van der Waals surface area contributed by atoms with Gasteiger partial charge in [0.15, 0.2) is 29.6 Å². The summed E-state index contributed by atoms with van der Waals surface area (Å²) in [6.07, 6.45) is -0.810. The normalized spacial score (nSPS) is 28.5. The minimum atomic E-state index is -3.89. The Hall–Kier alpha value is -1.49. The average molecular weight is 579 g/mol. The quantitative estimate of drug-likeness (QED) is 0.295. The first-order valence-electron chi connectivity index (χ1n) is 13.1. The minimum absolute atomic E-state index is 0. The monoisotopic (exact) mass is 578 g/mol. The van der Waals surface area contributed by atoms with Crippen LogP contribution in [0.5, 0.6) is 0 Å². The molecule has 39 heavy (non-hydrogen) atoms. The van der Waals surface area contributed by atoms with Crippen LogP contribution in [0.15, 0.2) is 60.7 Å². The molecule has 204 valence electrons. The smallest absolute Gasteiger partial charge is 0.451 e. The van der Waals surface area contributed by atoms with Crippen molar-refractivity contribution in [2.75, 3.05) is 0 Å². The van der Waals surface area contributed by atoms with Crippen molar-refractivity contribution in [2.45, 2.75) is 87.5 Å². The van der Waals surface area contributed by atoms with Gasteiger partial charge in [0.2, 0.25) is 5.91 Å². The summed E-state index contributed by atoms with van der Waals surface area (Å²) in [7, 11) is -6.11. The van der Waals surface area contributed by atoms with Crippen LogP contribution in [0.1, 0.15) is 58.3 Å². The molecule has 2 saturated heterocycles. The molecule has 1 saturated carbocycles. The van der Waals surface area contributed by atoms with Crippen molar-refractivity contribution in [3.63, 3.8) is 0 Å². The molecule has 2 aromatic carbocycles. The Morgan fingerprint density at radius 1 is 1.00 bits per heavy atom. The summed E-state index contributed by atoms with van der Waals surface area (Å²) in [4.78, 5) is 28.8. The molecule has 1 aliphatic carbocycles. The fraction of sp³-hybridized carbons (Fsp3) is 0.517. The van der Waals surface area contributed by atoms with E-state index < -0.39 is 57.9 Å². The molecule has 7 nitrogen and oxygen atoms in total. The summed E-state index contributed by atoms with van der Waals surface area (Å²) >= 11 is 0. The molecule has 4 atom stereocenters. The van der Waals surface area contributed by atoms with Crippen LogP contribution >= 0.6 is 0 Å². The van der Waals surface area contributed by atoms with E-state index in [0.29, 0.717) is 6.42 Å². The van der Waals surface area contributed by atoms with E-state index in [1.54, 1.807) is 0 Å². The topological polar surface area (TPSA) is 90.0 Å². The molecule has 3 fully saturated rings. The standard InChI is InChI=1S/C29H37NO6SSi.Na/c1-27(2,3)38(6,7)36-21-18-29(21)25(32)30-23(28(4,5)37(33,34)26(29)30)24(31)35-22(19-14-10-8-11-15-19)20-16-12-9-13-17-20;/h8-17,21-23,26H,18H2,1-7H3;/q;+1/t21?,23-,26+,29+;/m0./s1. The molecule has 0 bridgehead atoms. The van der Waals surface area contributed by atoms with Crippen LogP contribution in [0.2, 0.25) is 18.1 Å². The zero-order valence-corrected chi connectivity index (χ0v) is 27.9. The first-order chi connectivity index (χ1) is 17.6. The Labute approximate surface area is 255 Å². The van der Waals surface area contributed by atoms with Crippen LogP contribution in [-0.4, -0.2) is 55.8 Å². The van der Waals surface area contributed by atoms with E-state index >= 15 is 0 Å². The first kappa shape index (κ1) is 30.5. The predicted molar refractivity (Wildman–Crippen MR) is 147 cm³/mol. The zero-order chi connectivity index (χ0) is 27.9. The maximum Gasteiger partial charge on any atom is 1.00 e. The summed E-state index contributed by atoms with van der Waals surface area (Å²) in [6.45, 7) is 13.6. The van der Waals surface area contributed by atoms with Gasteiger partial charge in [-0.25, -0.2) is 13.2 Å². The van der Waals surface area contributed by atoms with Gasteiger partial charge in [0.05, 0.1) is 10.9 Å². The van der Waals surface area contributed by atoms with Gasteiger partial charge >= 0.3 is 35.5 Å². The fourth-order valence-electron chi connectivity index (χ4n) is 5.67. The third-order valence-corrected chi connectivity index (χ3v) is 16.5. The summed E-state index contributed by atoms with van der Waals surface area (Å²) in [5.74, 6) is -1.04. The number of fused-ring (bicyclic) bond motifs is 2. The molecule has 3 aliphatic rings. The molecule has 1 spiro atoms. The van der Waals surface area contributed by atoms with E-state index in [0.717, 1.165) is 11.1 Å². The van der Waals surface area contributed by atoms with E-state index in [9.17, 15) is 18.0 Å². The van der Waals surface area contributed by atoms with Crippen molar-refractivity contribution in [2.24, 2.45) is 5.41 Å². The molecule has 2 aliphatic heterocycles. The van der Waals surface area contributed by atoms with Crippen molar-refractivity contribution >= 4 is 30.0 Å². The maximum absolute atomic E-state index is 13.9. The number of amides is 1. The molecule has 2 aromatic rings. The number of ether oxygens (including phenoxy) is 1. The van der Waals surface area contributed by atoms with E-state index in [4.69, 9.17) is 9.16 Å². The van der Waals surface area contributed by atoms with Gasteiger partial charge in [-0.2, -0.15) is 0 Å². The third-order valence-electron chi connectivity index (χ3n) is 9.13. The van der Waals surface area contributed by atoms with Gasteiger partial charge in [-0.05, 0) is 49.5 Å². The molecule has 0 aromatic heterocycles. The second-order valence-corrected chi connectivity index (χ2v) is 20.2. The number of rotatable bonds is 6. The maximum atomic E-state index is 13.9. The molecule has 1 amide bonds. The third kappa shape index (κ3) is 4.48. The second-order valence-electron chi connectivity index (χ2n) is 12.9. The van der Waals surface area contributed by atoms with Gasteiger partial charge in [0.25, 0.3) is 0 Å². The molecule has 0 N–H and O–H groups in total. The Morgan fingerprint density at radius 3 is 1.95 bits per heavy atom. The Morgan fingerprint density at radius 2 is 1.49 bits per heavy atom. The molecule has 10 heteroatoms. The summed E-state index contributed by atoms with van der Waals surface area (Å²) in [5.41, 5.74) is 0.427. The van der Waals surface area contributed by atoms with Crippen LogP contribution in [0, 0.1) is 5.41 Å². The van der Waals surface area contributed by atoms with Gasteiger partial charge in [-0.3, -0.25) is 4.79 Å². The fourth-order valence-corrected chi connectivity index (χ4v) is 9.54. The number of sulfone groups is 1. The van der Waals surface area contributed by atoms with Gasteiger partial charge in [0.1, 0.15) is 11.5 Å². The van der Waals surface area contributed by atoms with Gasteiger partial charge in [-0.15, -0.1) is 0 Å². The molecular formula is C29H37NNaO6SSi+. The zero-order valence-electron chi connectivity index (χ0n) is 24.1. The number of carbonyl (C=O) groups is 2. The number of hydrogen-bond donors (Lipinski definition) is 0. The van der Waals surface area contributed by atoms with Gasteiger partial charge < -0.3 is 14.1 Å². The Bertz CT molecular complexity index is 1340. The van der Waals surface area contributed by atoms with Crippen molar-refractivity contribution in [1.29, 1.82) is 0 Å². The first-order valence-corrected chi connectivity index (χ1v) is 17.6. The van der Waals surface area contributed by atoms with E-state index in [1.807, 2.05) is 60.7 Å². The number of β-lactam (4-membered cyclic amide) rings is 1. The van der Waals surface area contributed by atoms with E-state index in [-0.39, 0.29) is 40.5 Å². The van der Waals surface area contributed by atoms with Gasteiger partial charge in [-0.1, -0.05) is 81.4 Å². The van der Waals surface area contributed by atoms with Crippen molar-refractivity contribution in [3.05, 3.63) is 71.8 Å². The van der Waals surface area contributed by atoms with E-state index in [1.165, 1.54) is 18.7 Å². The van der Waals surface area contributed by atoms with Crippen LogP contribution in [0.25, 0.3) is 0 Å². The SMILES string of the molecule is CC(C)(C)[Si](C)(C)OC1C[C@]12C(=O)N1[C@@H](C(=O)OC(c3ccccc3)c3ccccc3)C(C)(C)S(=O)(=O)[C@@H]12.[Na+]. The van der Waals surface area contributed by atoms with Crippen LogP contribution in [0.3, 0.4) is 0 Å². The number of carbonyl (C=O) groups excluding carboxylic acids is 2. The van der Waals surface area contributed by atoms with Crippen molar-refractivity contribution < 1.29 is 56.7 Å². The summed E-state index contributed by atoms with van der Waals surface area (Å²) in [5, 5.41) is -1.15. The Balaban J connectivity index is 0.00000353. The summed E-state index contributed by atoms with van der Waals surface area (Å²) < 4.78 is 38.8. The molecule has 2 heterocycles. The Kier molecular flexibility index (Phi) is 7.66.